The van der Waals surface area contributed by atoms with Crippen LogP contribution in [0.1, 0.15) is 53.2 Å². The van der Waals surface area contributed by atoms with Crippen LogP contribution in [0.25, 0.3) is 10.8 Å². The van der Waals surface area contributed by atoms with E-state index in [2.05, 4.69) is 205 Å². The second kappa shape index (κ2) is 18.3. The zero-order valence-electron chi connectivity index (χ0n) is 36.4. The first-order valence-electron chi connectivity index (χ1n) is 21.5. The highest BCUT2D eigenvalue weighted by atomic mass is 32.1. The van der Waals surface area contributed by atoms with Gasteiger partial charge in [-0.15, -0.1) is 0 Å². The third-order valence-electron chi connectivity index (χ3n) is 12.2. The normalized spacial score (nSPS) is 18.4. The third kappa shape index (κ3) is 8.48. The van der Waals surface area contributed by atoms with E-state index in [0.717, 1.165) is 26.7 Å². The largest absolute Gasteiger partial charge is 0.447 e. The minimum Gasteiger partial charge on any atom is -0.447 e. The van der Waals surface area contributed by atoms with Crippen LogP contribution in [0.5, 0.6) is 5.75 Å². The second-order valence-electron chi connectivity index (χ2n) is 18.1. The standard InChI is InChI=1S/C54H56O5SSi2/c1-53(2,3)61(42-29-14-8-15-30-42,43-31-16-9-17-32-43)55-39-48-50(59-62(54(4,5)6,44-33-18-10-19-34-44)45-35-20-11-21-36-45)51(58-52(60)56-41-27-12-7-13-28-41)49(57-48)47-38-24-26-40-25-22-23-37-46(40)47/h7-38,48-51H,39H2,1-6H3/t48-,49+,50-,51-/m1/s1. The lowest BCUT2D eigenvalue weighted by atomic mass is 9.96. The van der Waals surface area contributed by atoms with E-state index in [1.54, 1.807) is 0 Å². The van der Waals surface area contributed by atoms with Gasteiger partial charge in [-0.1, -0.05) is 224 Å². The van der Waals surface area contributed by atoms with Crippen molar-refractivity contribution in [2.24, 2.45) is 0 Å². The number of benzene rings is 7. The van der Waals surface area contributed by atoms with Crippen LogP contribution in [0.2, 0.25) is 10.1 Å². The number of hydrogen-bond acceptors (Lipinski definition) is 6. The summed E-state index contributed by atoms with van der Waals surface area (Å²) in [7, 11) is -6.27. The molecule has 316 valence electrons. The number of thiocarbonyl (C=S) groups is 1. The fraction of sp³-hybridized carbons (Fsp3) is 0.241. The SMILES string of the molecule is CC(C)(C)[Si](OC[C@H]1O[C@@H](c2cccc3ccccc23)[C@@H](OC(=S)Oc2ccccc2)[C@@H]1O[Si](c1ccccc1)(c1ccccc1)C(C)(C)C)(c1ccccc1)c1ccccc1. The number of ether oxygens (including phenoxy) is 3. The number of fused-ring (bicyclic) bond motifs is 1. The molecule has 1 heterocycles. The van der Waals surface area contributed by atoms with Crippen molar-refractivity contribution in [1.29, 1.82) is 0 Å². The van der Waals surface area contributed by atoms with Crippen molar-refractivity contribution in [2.75, 3.05) is 6.61 Å². The molecular formula is C54H56O5SSi2. The van der Waals surface area contributed by atoms with Crippen molar-refractivity contribution in [3.63, 3.8) is 0 Å². The minimum absolute atomic E-state index is 0.000336. The van der Waals surface area contributed by atoms with Crippen LogP contribution >= 0.6 is 12.2 Å². The van der Waals surface area contributed by atoms with Gasteiger partial charge in [0.15, 0.2) is 6.10 Å². The van der Waals surface area contributed by atoms with Gasteiger partial charge in [0.05, 0.1) is 6.61 Å². The van der Waals surface area contributed by atoms with E-state index in [0.29, 0.717) is 5.75 Å². The Bertz CT molecular complexity index is 2460. The summed E-state index contributed by atoms with van der Waals surface area (Å²) in [5.74, 6) is 0.592. The predicted octanol–water partition coefficient (Wildman–Crippen LogP) is 10.6. The molecule has 1 aliphatic rings. The van der Waals surface area contributed by atoms with Gasteiger partial charge in [-0.25, -0.2) is 0 Å². The van der Waals surface area contributed by atoms with Crippen LogP contribution in [0.15, 0.2) is 194 Å². The Morgan fingerprint density at radius 2 is 0.952 bits per heavy atom. The van der Waals surface area contributed by atoms with Crippen molar-refractivity contribution in [3.8, 4) is 5.75 Å². The first kappa shape index (κ1) is 43.5. The highest BCUT2D eigenvalue weighted by Gasteiger charge is 2.59. The summed E-state index contributed by atoms with van der Waals surface area (Å²) in [5, 5.41) is 6.25. The van der Waals surface area contributed by atoms with Gasteiger partial charge in [0.25, 0.3) is 16.6 Å². The Balaban J connectivity index is 1.33. The molecule has 8 heteroatoms. The average molecular weight is 873 g/mol. The maximum absolute atomic E-state index is 8.15. The van der Waals surface area contributed by atoms with Crippen molar-refractivity contribution in [1.82, 2.24) is 0 Å². The Morgan fingerprint density at radius 1 is 0.516 bits per heavy atom. The van der Waals surface area contributed by atoms with Gasteiger partial charge in [-0.05, 0) is 59.3 Å². The van der Waals surface area contributed by atoms with Crippen molar-refractivity contribution in [3.05, 3.63) is 200 Å². The van der Waals surface area contributed by atoms with Gasteiger partial charge in [0.2, 0.25) is 0 Å². The van der Waals surface area contributed by atoms with Crippen LogP contribution in [0, 0.1) is 0 Å². The van der Waals surface area contributed by atoms with Gasteiger partial charge in [0.1, 0.15) is 24.1 Å². The van der Waals surface area contributed by atoms with Crippen LogP contribution in [-0.2, 0) is 18.3 Å². The Morgan fingerprint density at radius 3 is 1.45 bits per heavy atom. The molecule has 1 fully saturated rings. The van der Waals surface area contributed by atoms with E-state index >= 15 is 0 Å². The zero-order chi connectivity index (χ0) is 43.4. The highest BCUT2D eigenvalue weighted by Crippen LogP contribution is 2.46. The van der Waals surface area contributed by atoms with E-state index in [4.69, 9.17) is 35.3 Å². The van der Waals surface area contributed by atoms with E-state index in [-0.39, 0.29) is 21.9 Å². The van der Waals surface area contributed by atoms with Crippen molar-refractivity contribution < 1.29 is 23.1 Å². The summed E-state index contributed by atoms with van der Waals surface area (Å²) in [6.07, 6.45) is -2.59. The highest BCUT2D eigenvalue weighted by molar-refractivity contribution is 7.79. The molecule has 0 N–H and O–H groups in total. The Hall–Kier alpha value is -5.20. The van der Waals surface area contributed by atoms with Gasteiger partial charge in [-0.3, -0.25) is 0 Å². The molecule has 0 radical (unpaired) electrons. The van der Waals surface area contributed by atoms with E-state index in [9.17, 15) is 0 Å². The number of hydrogen-bond donors (Lipinski definition) is 0. The van der Waals surface area contributed by atoms with E-state index in [1.807, 2.05) is 30.3 Å². The first-order valence-corrected chi connectivity index (χ1v) is 25.8. The van der Waals surface area contributed by atoms with Crippen molar-refractivity contribution in [2.45, 2.75) is 76.0 Å². The van der Waals surface area contributed by atoms with Gasteiger partial charge in [0, 0.05) is 12.2 Å². The summed E-state index contributed by atoms with van der Waals surface area (Å²) in [4.78, 5) is 0. The lowest BCUT2D eigenvalue weighted by molar-refractivity contribution is -0.0157. The average Bonchev–Trinajstić information content (AvgIpc) is 3.61. The van der Waals surface area contributed by atoms with Crippen molar-refractivity contribution >= 4 is 65.6 Å². The fourth-order valence-electron chi connectivity index (χ4n) is 9.47. The summed E-state index contributed by atoms with van der Waals surface area (Å²) >= 11 is 6.00. The number of para-hydroxylation sites is 1. The predicted molar refractivity (Wildman–Crippen MR) is 262 cm³/mol. The molecule has 0 aliphatic carbocycles. The first-order chi connectivity index (χ1) is 29.9. The summed E-state index contributed by atoms with van der Waals surface area (Å²) < 4.78 is 36.7. The summed E-state index contributed by atoms with van der Waals surface area (Å²) in [5.41, 5.74) is 0.986. The quantitative estimate of drug-likeness (QED) is 0.0900. The molecule has 0 amide bonds. The molecule has 5 nitrogen and oxygen atoms in total. The van der Waals surface area contributed by atoms with E-state index in [1.165, 1.54) is 10.4 Å². The molecule has 8 rings (SSSR count). The molecular weight excluding hydrogens is 817 g/mol. The molecule has 1 aliphatic heterocycles. The van der Waals surface area contributed by atoms with Crippen LogP contribution in [0.3, 0.4) is 0 Å². The molecule has 0 aromatic heterocycles. The van der Waals surface area contributed by atoms with Gasteiger partial charge >= 0.3 is 5.24 Å². The topological polar surface area (TPSA) is 46.2 Å². The Kier molecular flexibility index (Phi) is 12.8. The second-order valence-corrected chi connectivity index (χ2v) is 27.0. The summed E-state index contributed by atoms with van der Waals surface area (Å²) in [6, 6.07) is 67.2. The third-order valence-corrected chi connectivity index (χ3v) is 22.4. The number of rotatable bonds is 12. The molecule has 0 bridgehead atoms. The smallest absolute Gasteiger partial charge is 0.358 e. The molecule has 0 unspecified atom stereocenters. The summed E-state index contributed by atoms with van der Waals surface area (Å²) in [6.45, 7) is 14.0. The van der Waals surface area contributed by atoms with Crippen LogP contribution in [-0.4, -0.2) is 46.8 Å². The molecule has 1 saturated heterocycles. The van der Waals surface area contributed by atoms with Crippen LogP contribution in [0.4, 0.5) is 0 Å². The fourth-order valence-corrected chi connectivity index (χ4v) is 19.0. The molecule has 0 spiro atoms. The molecule has 7 aromatic carbocycles. The maximum atomic E-state index is 8.15. The lowest BCUT2D eigenvalue weighted by Gasteiger charge is -2.46. The molecule has 7 aromatic rings. The van der Waals surface area contributed by atoms with Crippen LogP contribution < -0.4 is 25.5 Å². The Labute approximate surface area is 374 Å². The lowest BCUT2D eigenvalue weighted by Crippen LogP contribution is -2.70. The van der Waals surface area contributed by atoms with E-state index < -0.39 is 41.1 Å². The monoisotopic (exact) mass is 872 g/mol. The molecule has 0 saturated carbocycles. The maximum Gasteiger partial charge on any atom is 0.358 e. The van der Waals surface area contributed by atoms with Gasteiger partial charge in [-0.2, -0.15) is 0 Å². The zero-order valence-corrected chi connectivity index (χ0v) is 39.3. The minimum atomic E-state index is -3.24. The molecule has 62 heavy (non-hydrogen) atoms. The molecule has 4 atom stereocenters. The van der Waals surface area contributed by atoms with Gasteiger partial charge < -0.3 is 23.1 Å².